The molecule has 2 nitrogen and oxygen atoms in total. The van der Waals surface area contributed by atoms with Crippen LogP contribution >= 0.6 is 0 Å². The van der Waals surface area contributed by atoms with Crippen LogP contribution in [0, 0.1) is 11.8 Å². The van der Waals surface area contributed by atoms with Gasteiger partial charge in [-0.15, -0.1) is 5.92 Å². The molecule has 0 amide bonds. The third-order valence-corrected chi connectivity index (χ3v) is 0.844. The minimum absolute atomic E-state index is 0. The molecule has 2 heteroatoms. The molecular weight excluding hydrogens is 114 g/mol. The lowest BCUT2D eigenvalue weighted by Crippen LogP contribution is -2.04. The molecule has 0 aliphatic heterocycles. The van der Waals surface area contributed by atoms with E-state index in [-0.39, 0.29) is 1.43 Å². The molecule has 0 spiro atoms. The van der Waals surface area contributed by atoms with Gasteiger partial charge in [-0.3, -0.25) is 0 Å². The number of ether oxygens (including phenoxy) is 1. The predicted molar refractivity (Wildman–Crippen MR) is 40.1 cm³/mol. The van der Waals surface area contributed by atoms with Crippen molar-refractivity contribution in [2.75, 3.05) is 19.8 Å². The Morgan fingerprint density at radius 3 is 3.00 bits per heavy atom. The van der Waals surface area contributed by atoms with Gasteiger partial charge in [-0.25, -0.2) is 0 Å². The summed E-state index contributed by atoms with van der Waals surface area (Å²) in [5.41, 5.74) is 5.23. The molecule has 0 unspecified atom stereocenters. The SMILES string of the molecule is CC#CCOCCCN.[HH]. The Balaban J connectivity index is 0. The minimum Gasteiger partial charge on any atom is -0.369 e. The fourth-order valence-electron chi connectivity index (χ4n) is 0.381. The summed E-state index contributed by atoms with van der Waals surface area (Å²) in [5, 5.41) is 0. The van der Waals surface area contributed by atoms with Gasteiger partial charge in [-0.2, -0.15) is 0 Å². The van der Waals surface area contributed by atoms with Crippen molar-refractivity contribution < 1.29 is 6.16 Å². The molecule has 0 aromatic carbocycles. The first-order valence-corrected chi connectivity index (χ1v) is 3.09. The largest absolute Gasteiger partial charge is 0.369 e. The van der Waals surface area contributed by atoms with E-state index in [9.17, 15) is 0 Å². The fraction of sp³-hybridized carbons (Fsp3) is 0.714. The van der Waals surface area contributed by atoms with Crippen molar-refractivity contribution in [3.8, 4) is 11.8 Å². The molecule has 0 bridgehead atoms. The van der Waals surface area contributed by atoms with Crippen LogP contribution in [0.2, 0.25) is 0 Å². The van der Waals surface area contributed by atoms with Gasteiger partial charge < -0.3 is 10.5 Å². The Labute approximate surface area is 57.9 Å². The summed E-state index contributed by atoms with van der Waals surface area (Å²) >= 11 is 0. The zero-order valence-electron chi connectivity index (χ0n) is 5.81. The highest BCUT2D eigenvalue weighted by Crippen LogP contribution is 1.76. The smallest absolute Gasteiger partial charge is 0.107 e. The highest BCUT2D eigenvalue weighted by atomic mass is 16.5. The van der Waals surface area contributed by atoms with Gasteiger partial charge in [-0.1, -0.05) is 5.92 Å². The zero-order valence-corrected chi connectivity index (χ0v) is 5.81. The van der Waals surface area contributed by atoms with Crippen LogP contribution in [0.1, 0.15) is 14.8 Å². The van der Waals surface area contributed by atoms with Crippen molar-refractivity contribution in [1.82, 2.24) is 0 Å². The Morgan fingerprint density at radius 1 is 1.67 bits per heavy atom. The third kappa shape index (κ3) is 7.48. The quantitative estimate of drug-likeness (QED) is 0.446. The van der Waals surface area contributed by atoms with Gasteiger partial charge in [0.25, 0.3) is 0 Å². The highest BCUT2D eigenvalue weighted by molar-refractivity contribution is 4.94. The second kappa shape index (κ2) is 7.48. The minimum atomic E-state index is 0. The van der Waals surface area contributed by atoms with Crippen LogP contribution in [0.3, 0.4) is 0 Å². The summed E-state index contributed by atoms with van der Waals surface area (Å²) in [7, 11) is 0. The Bertz CT molecular complexity index is 106. The lowest BCUT2D eigenvalue weighted by atomic mass is 10.5. The van der Waals surface area contributed by atoms with Crippen molar-refractivity contribution in [1.29, 1.82) is 0 Å². The van der Waals surface area contributed by atoms with E-state index in [4.69, 9.17) is 10.5 Å². The molecule has 0 aliphatic rings. The van der Waals surface area contributed by atoms with Gasteiger partial charge >= 0.3 is 0 Å². The maximum absolute atomic E-state index is 5.23. The van der Waals surface area contributed by atoms with E-state index >= 15 is 0 Å². The molecule has 0 radical (unpaired) electrons. The lowest BCUT2D eigenvalue weighted by Gasteiger charge is -1.94. The molecule has 0 aromatic rings. The van der Waals surface area contributed by atoms with Crippen molar-refractivity contribution in [3.05, 3.63) is 0 Å². The van der Waals surface area contributed by atoms with Crippen LogP contribution in [0.25, 0.3) is 0 Å². The number of hydrogen-bond donors (Lipinski definition) is 1. The van der Waals surface area contributed by atoms with Crippen LogP contribution in [-0.2, 0) is 4.74 Å². The van der Waals surface area contributed by atoms with E-state index in [0.717, 1.165) is 13.0 Å². The van der Waals surface area contributed by atoms with E-state index in [1.807, 2.05) is 0 Å². The second-order valence-electron chi connectivity index (χ2n) is 1.62. The first-order chi connectivity index (χ1) is 4.41. The molecule has 0 atom stereocenters. The molecule has 0 saturated heterocycles. The van der Waals surface area contributed by atoms with Crippen molar-refractivity contribution in [2.24, 2.45) is 5.73 Å². The van der Waals surface area contributed by atoms with Crippen molar-refractivity contribution in [2.45, 2.75) is 13.3 Å². The van der Waals surface area contributed by atoms with E-state index in [1.165, 1.54) is 0 Å². The van der Waals surface area contributed by atoms with Crippen molar-refractivity contribution >= 4 is 0 Å². The summed E-state index contributed by atoms with van der Waals surface area (Å²) < 4.78 is 5.06. The molecule has 54 valence electrons. The van der Waals surface area contributed by atoms with Crippen LogP contribution in [0.5, 0.6) is 0 Å². The monoisotopic (exact) mass is 129 g/mol. The number of hydrogen-bond acceptors (Lipinski definition) is 2. The molecule has 0 rings (SSSR count). The van der Waals surface area contributed by atoms with Gasteiger partial charge in [0.05, 0.1) is 0 Å². The number of nitrogens with two attached hydrogens (primary N) is 1. The van der Waals surface area contributed by atoms with Crippen LogP contribution < -0.4 is 5.73 Å². The van der Waals surface area contributed by atoms with Gasteiger partial charge in [0.15, 0.2) is 0 Å². The summed E-state index contributed by atoms with van der Waals surface area (Å²) in [6.45, 7) is 3.76. The topological polar surface area (TPSA) is 35.2 Å². The molecule has 2 N–H and O–H groups in total. The summed E-state index contributed by atoms with van der Waals surface area (Å²) in [5.74, 6) is 5.53. The maximum atomic E-state index is 5.23. The molecule has 9 heavy (non-hydrogen) atoms. The third-order valence-electron chi connectivity index (χ3n) is 0.844. The average molecular weight is 129 g/mol. The lowest BCUT2D eigenvalue weighted by molar-refractivity contribution is 0.166. The van der Waals surface area contributed by atoms with E-state index in [1.54, 1.807) is 6.92 Å². The zero-order chi connectivity index (χ0) is 6.95. The molecule has 0 aromatic heterocycles. The number of rotatable bonds is 4. The van der Waals surface area contributed by atoms with Gasteiger partial charge in [0, 0.05) is 8.03 Å². The molecule has 0 aliphatic carbocycles. The normalized spacial score (nSPS) is 8.22. The first-order valence-electron chi connectivity index (χ1n) is 3.09. The van der Waals surface area contributed by atoms with Crippen LogP contribution in [-0.4, -0.2) is 19.8 Å². The first kappa shape index (κ1) is 8.48. The van der Waals surface area contributed by atoms with E-state index < -0.39 is 0 Å². The molecule has 0 fully saturated rings. The summed E-state index contributed by atoms with van der Waals surface area (Å²) in [6, 6.07) is 0. The molecular formula is C7H15NO. The van der Waals surface area contributed by atoms with E-state index in [2.05, 4.69) is 11.8 Å². The summed E-state index contributed by atoms with van der Waals surface area (Å²) in [6.07, 6.45) is 0.922. The molecule has 0 heterocycles. The standard InChI is InChI=1S/C7H13NO.H2/c1-2-3-6-9-7-4-5-8;/h4-8H2,1H3;1H. The Morgan fingerprint density at radius 2 is 2.44 bits per heavy atom. The van der Waals surface area contributed by atoms with Crippen LogP contribution in [0.15, 0.2) is 0 Å². The second-order valence-corrected chi connectivity index (χ2v) is 1.62. The Kier molecular flexibility index (Phi) is 7.05. The molecule has 0 saturated carbocycles. The summed E-state index contributed by atoms with van der Waals surface area (Å²) in [4.78, 5) is 0. The fourth-order valence-corrected chi connectivity index (χ4v) is 0.381. The maximum Gasteiger partial charge on any atom is 0.107 e. The van der Waals surface area contributed by atoms with Gasteiger partial charge in [0.1, 0.15) is 6.61 Å². The Hall–Kier alpha value is -0.520. The predicted octanol–water partition coefficient (Wildman–Crippen LogP) is 0.621. The van der Waals surface area contributed by atoms with Gasteiger partial charge in [-0.05, 0) is 19.9 Å². The van der Waals surface area contributed by atoms with Gasteiger partial charge in [0.2, 0.25) is 0 Å². The van der Waals surface area contributed by atoms with E-state index in [0.29, 0.717) is 13.2 Å². The van der Waals surface area contributed by atoms with Crippen molar-refractivity contribution in [3.63, 3.8) is 0 Å². The van der Waals surface area contributed by atoms with Crippen LogP contribution in [0.4, 0.5) is 0 Å². The highest BCUT2D eigenvalue weighted by Gasteiger charge is 1.80. The average Bonchev–Trinajstić information content (AvgIpc) is 1.89.